The minimum absolute atomic E-state index is 0.301. The number of hydrogen-bond donors (Lipinski definition) is 1. The third-order valence-corrected chi connectivity index (χ3v) is 3.22. The van der Waals surface area contributed by atoms with Crippen molar-refractivity contribution in [2.45, 2.75) is 45.6 Å². The lowest BCUT2D eigenvalue weighted by Gasteiger charge is -2.37. The monoisotopic (exact) mass is 209 g/mol. The fraction of sp³-hybridized carbons (Fsp3) is 0.818. The lowest BCUT2D eigenvalue weighted by atomic mass is 9.71. The van der Waals surface area contributed by atoms with Crippen LogP contribution in [0.5, 0.6) is 0 Å². The van der Waals surface area contributed by atoms with Gasteiger partial charge >= 0.3 is 0 Å². The Morgan fingerprint density at radius 1 is 1.47 bits per heavy atom. The predicted molar refractivity (Wildman–Crippen MR) is 57.3 cm³/mol. The molecule has 15 heavy (non-hydrogen) atoms. The molecule has 4 heteroatoms. The normalized spacial score (nSPS) is 30.6. The Kier molecular flexibility index (Phi) is 2.78. The molecule has 0 spiro atoms. The highest BCUT2D eigenvalue weighted by atomic mass is 16.4. The molecular formula is C11H19N3O. The molecule has 0 aliphatic heterocycles. The largest absolute Gasteiger partial charge is 0.425 e. The Morgan fingerprint density at radius 2 is 2.20 bits per heavy atom. The molecule has 0 aromatic carbocycles. The lowest BCUT2D eigenvalue weighted by Crippen LogP contribution is -2.44. The molecular weight excluding hydrogens is 190 g/mol. The fourth-order valence-electron chi connectivity index (χ4n) is 2.00. The Labute approximate surface area is 90.3 Å². The summed E-state index contributed by atoms with van der Waals surface area (Å²) >= 11 is 0. The van der Waals surface area contributed by atoms with Gasteiger partial charge in [-0.3, -0.25) is 0 Å². The summed E-state index contributed by atoms with van der Waals surface area (Å²) in [5.74, 6) is 2.94. The first-order valence-corrected chi connectivity index (χ1v) is 5.65. The molecule has 1 saturated carbocycles. The van der Waals surface area contributed by atoms with Crippen LogP contribution >= 0.6 is 0 Å². The van der Waals surface area contributed by atoms with E-state index in [1.165, 1.54) is 0 Å². The van der Waals surface area contributed by atoms with Crippen molar-refractivity contribution in [3.8, 4) is 0 Å². The van der Waals surface area contributed by atoms with Crippen LogP contribution in [0, 0.1) is 11.8 Å². The average Bonchev–Trinajstić information content (AvgIpc) is 2.60. The molecule has 1 aliphatic rings. The van der Waals surface area contributed by atoms with Crippen molar-refractivity contribution in [1.82, 2.24) is 10.2 Å². The smallest absolute Gasteiger partial charge is 0.220 e. The molecule has 2 N–H and O–H groups in total. The quantitative estimate of drug-likeness (QED) is 0.823. The van der Waals surface area contributed by atoms with Crippen LogP contribution in [0.1, 0.15) is 44.9 Å². The SMILES string of the molecule is CC(C)Cc1nnc(C2CC(N)C2C)o1. The van der Waals surface area contributed by atoms with Gasteiger partial charge in [-0.1, -0.05) is 20.8 Å². The average molecular weight is 209 g/mol. The zero-order valence-electron chi connectivity index (χ0n) is 9.60. The molecule has 1 aromatic rings. The number of hydrogen-bond acceptors (Lipinski definition) is 4. The van der Waals surface area contributed by atoms with Crippen LogP contribution in [-0.4, -0.2) is 16.2 Å². The molecule has 3 atom stereocenters. The summed E-state index contributed by atoms with van der Waals surface area (Å²) in [4.78, 5) is 0. The van der Waals surface area contributed by atoms with Crippen LogP contribution in [-0.2, 0) is 6.42 Å². The molecule has 0 radical (unpaired) electrons. The van der Waals surface area contributed by atoms with Gasteiger partial charge in [-0.15, -0.1) is 10.2 Å². The fourth-order valence-corrected chi connectivity index (χ4v) is 2.00. The molecule has 4 nitrogen and oxygen atoms in total. The molecule has 2 rings (SSSR count). The molecule has 1 heterocycles. The van der Waals surface area contributed by atoms with Gasteiger partial charge in [-0.05, 0) is 18.3 Å². The maximum absolute atomic E-state index is 5.85. The summed E-state index contributed by atoms with van der Waals surface area (Å²) < 4.78 is 5.64. The van der Waals surface area contributed by atoms with Gasteiger partial charge in [0.1, 0.15) is 0 Å². The Bertz CT molecular complexity index is 334. The van der Waals surface area contributed by atoms with Crippen molar-refractivity contribution >= 4 is 0 Å². The lowest BCUT2D eigenvalue weighted by molar-refractivity contribution is 0.190. The third-order valence-electron chi connectivity index (χ3n) is 3.22. The van der Waals surface area contributed by atoms with Crippen LogP contribution in [0.4, 0.5) is 0 Å². The van der Waals surface area contributed by atoms with E-state index in [9.17, 15) is 0 Å². The second-order valence-corrected chi connectivity index (χ2v) is 5.00. The second-order valence-electron chi connectivity index (χ2n) is 5.00. The summed E-state index contributed by atoms with van der Waals surface area (Å²) in [6.45, 7) is 6.43. The molecule has 3 unspecified atom stereocenters. The van der Waals surface area contributed by atoms with E-state index < -0.39 is 0 Å². The minimum Gasteiger partial charge on any atom is -0.425 e. The summed E-state index contributed by atoms with van der Waals surface area (Å²) in [7, 11) is 0. The first kappa shape index (κ1) is 10.6. The van der Waals surface area contributed by atoms with Crippen LogP contribution < -0.4 is 5.73 Å². The molecule has 0 saturated heterocycles. The molecule has 0 amide bonds. The van der Waals surface area contributed by atoms with Crippen molar-refractivity contribution in [2.24, 2.45) is 17.6 Å². The zero-order chi connectivity index (χ0) is 11.0. The van der Waals surface area contributed by atoms with E-state index in [4.69, 9.17) is 10.2 Å². The van der Waals surface area contributed by atoms with E-state index in [2.05, 4.69) is 31.0 Å². The van der Waals surface area contributed by atoms with Gasteiger partial charge in [0.2, 0.25) is 11.8 Å². The van der Waals surface area contributed by atoms with E-state index in [0.717, 1.165) is 24.6 Å². The van der Waals surface area contributed by atoms with Gasteiger partial charge in [-0.2, -0.15) is 0 Å². The number of aromatic nitrogens is 2. The van der Waals surface area contributed by atoms with E-state index in [-0.39, 0.29) is 0 Å². The zero-order valence-corrected chi connectivity index (χ0v) is 9.60. The van der Waals surface area contributed by atoms with E-state index in [1.807, 2.05) is 0 Å². The van der Waals surface area contributed by atoms with Crippen LogP contribution in [0.25, 0.3) is 0 Å². The van der Waals surface area contributed by atoms with Gasteiger partial charge in [0.15, 0.2) is 0 Å². The molecule has 1 aromatic heterocycles. The third kappa shape index (κ3) is 2.04. The van der Waals surface area contributed by atoms with E-state index in [0.29, 0.717) is 23.8 Å². The van der Waals surface area contributed by atoms with Gasteiger partial charge in [0.25, 0.3) is 0 Å². The molecule has 1 aliphatic carbocycles. The predicted octanol–water partition coefficient (Wildman–Crippen LogP) is 1.72. The molecule has 0 bridgehead atoms. The van der Waals surface area contributed by atoms with Crippen LogP contribution in [0.3, 0.4) is 0 Å². The van der Waals surface area contributed by atoms with Crippen LogP contribution in [0.15, 0.2) is 4.42 Å². The first-order valence-electron chi connectivity index (χ1n) is 5.65. The Morgan fingerprint density at radius 3 is 2.73 bits per heavy atom. The number of nitrogens with zero attached hydrogens (tertiary/aromatic N) is 2. The van der Waals surface area contributed by atoms with E-state index >= 15 is 0 Å². The highest BCUT2D eigenvalue weighted by Gasteiger charge is 2.39. The number of nitrogens with two attached hydrogens (primary N) is 1. The van der Waals surface area contributed by atoms with Gasteiger partial charge in [-0.25, -0.2) is 0 Å². The minimum atomic E-state index is 0.301. The van der Waals surface area contributed by atoms with E-state index in [1.54, 1.807) is 0 Å². The summed E-state index contributed by atoms with van der Waals surface area (Å²) in [5, 5.41) is 8.17. The topological polar surface area (TPSA) is 64.9 Å². The Balaban J connectivity index is 2.01. The maximum atomic E-state index is 5.85. The van der Waals surface area contributed by atoms with Gasteiger partial charge in [0, 0.05) is 18.4 Å². The number of rotatable bonds is 3. The van der Waals surface area contributed by atoms with Crippen molar-refractivity contribution in [1.29, 1.82) is 0 Å². The molecule has 84 valence electrons. The first-order chi connectivity index (χ1) is 7.08. The summed E-state index contributed by atoms with van der Waals surface area (Å²) in [6, 6.07) is 0.301. The second kappa shape index (κ2) is 3.93. The summed E-state index contributed by atoms with van der Waals surface area (Å²) in [6.07, 6.45) is 1.84. The highest BCUT2D eigenvalue weighted by molar-refractivity contribution is 5.05. The van der Waals surface area contributed by atoms with Crippen molar-refractivity contribution in [3.63, 3.8) is 0 Å². The van der Waals surface area contributed by atoms with Gasteiger partial charge in [0.05, 0.1) is 0 Å². The highest BCUT2D eigenvalue weighted by Crippen LogP contribution is 2.40. The summed E-state index contributed by atoms with van der Waals surface area (Å²) in [5.41, 5.74) is 5.85. The van der Waals surface area contributed by atoms with Crippen molar-refractivity contribution < 1.29 is 4.42 Å². The maximum Gasteiger partial charge on any atom is 0.220 e. The van der Waals surface area contributed by atoms with Gasteiger partial charge < -0.3 is 10.2 Å². The molecule has 1 fully saturated rings. The van der Waals surface area contributed by atoms with Crippen molar-refractivity contribution in [3.05, 3.63) is 11.8 Å². The van der Waals surface area contributed by atoms with Crippen molar-refractivity contribution in [2.75, 3.05) is 0 Å². The van der Waals surface area contributed by atoms with Crippen LogP contribution in [0.2, 0.25) is 0 Å². The Hall–Kier alpha value is -0.900. The standard InChI is InChI=1S/C11H19N3O/c1-6(2)4-10-13-14-11(15-10)8-5-9(12)7(8)3/h6-9H,4-5,12H2,1-3H3.